The lowest BCUT2D eigenvalue weighted by Gasteiger charge is -2.28. The second kappa shape index (κ2) is 8.08. The average Bonchev–Trinajstić information content (AvgIpc) is 2.27. The maximum absolute atomic E-state index is 5.59. The van der Waals surface area contributed by atoms with Crippen LogP contribution in [0, 0.1) is 11.8 Å². The molecule has 5 N–H and O–H groups in total. The van der Waals surface area contributed by atoms with Gasteiger partial charge in [0.15, 0.2) is 0 Å². The summed E-state index contributed by atoms with van der Waals surface area (Å²) in [7, 11) is 0. The van der Waals surface area contributed by atoms with Gasteiger partial charge in [0.05, 0.1) is 0 Å². The van der Waals surface area contributed by atoms with Crippen LogP contribution in [0.4, 0.5) is 0 Å². The van der Waals surface area contributed by atoms with Crippen molar-refractivity contribution in [1.29, 1.82) is 0 Å². The molecular formula is C12H27N3. The predicted octanol–water partition coefficient (Wildman–Crippen LogP) is 1.08. The smallest absolute Gasteiger partial charge is 0.00745 e. The summed E-state index contributed by atoms with van der Waals surface area (Å²) in [5.74, 6) is 1.87. The van der Waals surface area contributed by atoms with Gasteiger partial charge in [-0.1, -0.05) is 25.7 Å². The van der Waals surface area contributed by atoms with Crippen molar-refractivity contribution in [1.82, 2.24) is 5.32 Å². The molecule has 0 aromatic rings. The van der Waals surface area contributed by atoms with Gasteiger partial charge in [-0.2, -0.15) is 0 Å². The van der Waals surface area contributed by atoms with Crippen LogP contribution < -0.4 is 16.8 Å². The van der Waals surface area contributed by atoms with Crippen LogP contribution in [0.5, 0.6) is 0 Å². The molecule has 15 heavy (non-hydrogen) atoms. The molecule has 1 rings (SSSR count). The van der Waals surface area contributed by atoms with Crippen LogP contribution in [0.15, 0.2) is 0 Å². The quantitative estimate of drug-likeness (QED) is 0.555. The second-order valence-electron chi connectivity index (χ2n) is 4.79. The molecule has 3 heteroatoms. The van der Waals surface area contributed by atoms with Crippen molar-refractivity contribution in [3.05, 3.63) is 0 Å². The Bertz CT molecular complexity index is 139. The van der Waals surface area contributed by atoms with Crippen LogP contribution in [-0.4, -0.2) is 26.2 Å². The summed E-state index contributed by atoms with van der Waals surface area (Å²) in [4.78, 5) is 0. The van der Waals surface area contributed by atoms with E-state index in [1.165, 1.54) is 38.5 Å². The highest BCUT2D eigenvalue weighted by Crippen LogP contribution is 2.31. The number of nitrogens with one attached hydrogen (secondary N) is 1. The summed E-state index contributed by atoms with van der Waals surface area (Å²) in [5, 5.41) is 3.37. The third-order valence-corrected chi connectivity index (χ3v) is 3.59. The molecule has 1 aliphatic rings. The molecule has 0 bridgehead atoms. The molecule has 0 heterocycles. The number of hydrogen-bond acceptors (Lipinski definition) is 3. The van der Waals surface area contributed by atoms with Crippen molar-refractivity contribution in [3.63, 3.8) is 0 Å². The Morgan fingerprint density at radius 1 is 0.800 bits per heavy atom. The highest BCUT2D eigenvalue weighted by atomic mass is 14.9. The van der Waals surface area contributed by atoms with E-state index >= 15 is 0 Å². The standard InChI is InChI=1S/C12H27N3/c13-7-5-11-1-3-12(4-2-11)6-9-15-10-8-14/h11-12,15H,1-10,13-14H2. The van der Waals surface area contributed by atoms with Crippen molar-refractivity contribution in [2.24, 2.45) is 23.3 Å². The molecule has 1 aliphatic carbocycles. The third kappa shape index (κ3) is 5.50. The highest BCUT2D eigenvalue weighted by molar-refractivity contribution is 4.73. The lowest BCUT2D eigenvalue weighted by atomic mass is 9.79. The van der Waals surface area contributed by atoms with Crippen molar-refractivity contribution in [2.75, 3.05) is 26.2 Å². The van der Waals surface area contributed by atoms with Gasteiger partial charge in [0.2, 0.25) is 0 Å². The molecule has 0 radical (unpaired) electrons. The Morgan fingerprint density at radius 2 is 1.40 bits per heavy atom. The number of rotatable bonds is 7. The normalized spacial score (nSPS) is 26.8. The molecule has 3 nitrogen and oxygen atoms in total. The van der Waals surface area contributed by atoms with Crippen molar-refractivity contribution >= 4 is 0 Å². The summed E-state index contributed by atoms with van der Waals surface area (Å²) < 4.78 is 0. The molecule has 0 saturated heterocycles. The minimum absolute atomic E-state index is 0.753. The van der Waals surface area contributed by atoms with E-state index in [1.807, 2.05) is 0 Å². The summed E-state index contributed by atoms with van der Waals surface area (Å²) >= 11 is 0. The second-order valence-corrected chi connectivity index (χ2v) is 4.79. The zero-order chi connectivity index (χ0) is 10.9. The number of hydrogen-bond donors (Lipinski definition) is 3. The third-order valence-electron chi connectivity index (χ3n) is 3.59. The van der Waals surface area contributed by atoms with Gasteiger partial charge in [-0.05, 0) is 37.8 Å². The highest BCUT2D eigenvalue weighted by Gasteiger charge is 2.19. The summed E-state index contributed by atoms with van der Waals surface area (Å²) in [6, 6.07) is 0. The fourth-order valence-electron chi connectivity index (χ4n) is 2.58. The fraction of sp³-hybridized carbons (Fsp3) is 1.00. The minimum Gasteiger partial charge on any atom is -0.330 e. The van der Waals surface area contributed by atoms with Crippen LogP contribution in [0.3, 0.4) is 0 Å². The van der Waals surface area contributed by atoms with Gasteiger partial charge in [-0.25, -0.2) is 0 Å². The van der Waals surface area contributed by atoms with Gasteiger partial charge in [-0.3, -0.25) is 0 Å². The first-order chi connectivity index (χ1) is 7.36. The van der Waals surface area contributed by atoms with E-state index < -0.39 is 0 Å². The first kappa shape index (κ1) is 12.9. The van der Waals surface area contributed by atoms with Gasteiger partial charge in [0.1, 0.15) is 0 Å². The average molecular weight is 213 g/mol. The lowest BCUT2D eigenvalue weighted by Crippen LogP contribution is -2.26. The molecule has 1 fully saturated rings. The van der Waals surface area contributed by atoms with Crippen molar-refractivity contribution < 1.29 is 0 Å². The largest absolute Gasteiger partial charge is 0.330 e. The molecule has 0 aromatic heterocycles. The maximum Gasteiger partial charge on any atom is 0.00745 e. The molecule has 0 aromatic carbocycles. The zero-order valence-corrected chi connectivity index (χ0v) is 9.88. The monoisotopic (exact) mass is 213 g/mol. The Kier molecular flexibility index (Phi) is 6.98. The fourth-order valence-corrected chi connectivity index (χ4v) is 2.58. The van der Waals surface area contributed by atoms with Gasteiger partial charge in [0.25, 0.3) is 0 Å². The summed E-state index contributed by atoms with van der Waals surface area (Å²) in [6.45, 7) is 3.72. The van der Waals surface area contributed by atoms with Gasteiger partial charge in [-0.15, -0.1) is 0 Å². The van der Waals surface area contributed by atoms with E-state index in [0.29, 0.717) is 0 Å². The molecule has 0 atom stereocenters. The molecule has 1 saturated carbocycles. The van der Waals surface area contributed by atoms with E-state index in [1.54, 1.807) is 0 Å². The van der Waals surface area contributed by atoms with Crippen molar-refractivity contribution in [3.8, 4) is 0 Å². The van der Waals surface area contributed by atoms with E-state index in [0.717, 1.165) is 38.0 Å². The lowest BCUT2D eigenvalue weighted by molar-refractivity contribution is 0.254. The van der Waals surface area contributed by atoms with Crippen LogP contribution >= 0.6 is 0 Å². The minimum atomic E-state index is 0.753. The first-order valence-corrected chi connectivity index (χ1v) is 6.47. The van der Waals surface area contributed by atoms with E-state index in [9.17, 15) is 0 Å². The number of nitrogens with two attached hydrogens (primary N) is 2. The molecule has 0 aliphatic heterocycles. The van der Waals surface area contributed by atoms with Crippen LogP contribution in [-0.2, 0) is 0 Å². The Labute approximate surface area is 94.0 Å². The van der Waals surface area contributed by atoms with Crippen LogP contribution in [0.1, 0.15) is 38.5 Å². The Hall–Kier alpha value is -0.120. The van der Waals surface area contributed by atoms with E-state index in [4.69, 9.17) is 11.5 Å². The topological polar surface area (TPSA) is 64.1 Å². The first-order valence-electron chi connectivity index (χ1n) is 6.47. The SMILES string of the molecule is NCCNCCC1CCC(CCN)CC1. The Morgan fingerprint density at radius 3 is 1.93 bits per heavy atom. The molecular weight excluding hydrogens is 186 g/mol. The van der Waals surface area contributed by atoms with Crippen molar-refractivity contribution in [2.45, 2.75) is 38.5 Å². The molecule has 0 unspecified atom stereocenters. The molecule has 0 amide bonds. The Balaban J connectivity index is 1.99. The predicted molar refractivity (Wildman–Crippen MR) is 65.7 cm³/mol. The maximum atomic E-state index is 5.59. The molecule has 90 valence electrons. The summed E-state index contributed by atoms with van der Waals surface area (Å²) in [5.41, 5.74) is 11.0. The zero-order valence-electron chi connectivity index (χ0n) is 9.88. The van der Waals surface area contributed by atoms with E-state index in [-0.39, 0.29) is 0 Å². The molecule has 0 spiro atoms. The van der Waals surface area contributed by atoms with Gasteiger partial charge in [0, 0.05) is 13.1 Å². The van der Waals surface area contributed by atoms with Gasteiger partial charge >= 0.3 is 0 Å². The summed E-state index contributed by atoms with van der Waals surface area (Å²) in [6.07, 6.45) is 8.19. The van der Waals surface area contributed by atoms with Gasteiger partial charge < -0.3 is 16.8 Å². The van der Waals surface area contributed by atoms with Crippen LogP contribution in [0.25, 0.3) is 0 Å². The van der Waals surface area contributed by atoms with E-state index in [2.05, 4.69) is 5.32 Å². The van der Waals surface area contributed by atoms with Crippen LogP contribution in [0.2, 0.25) is 0 Å².